The molecule has 1 atom stereocenters. The van der Waals surface area contributed by atoms with E-state index in [2.05, 4.69) is 0 Å². The standard InChI is InChI=1S/C6H5Cl2PS2/c7-5-2-1-3-6(4-5)11-9(8)10/h1-4,9H. The summed E-state index contributed by atoms with van der Waals surface area (Å²) in [6.45, 7) is 0. The van der Waals surface area contributed by atoms with Crippen molar-refractivity contribution in [3.05, 3.63) is 29.3 Å². The summed E-state index contributed by atoms with van der Waals surface area (Å²) < 4.78 is 0. The maximum absolute atomic E-state index is 5.75. The van der Waals surface area contributed by atoms with E-state index in [-0.39, 0.29) is 0 Å². The minimum Gasteiger partial charge on any atom is -0.0843 e. The Kier molecular flexibility index (Phi) is 4.26. The summed E-state index contributed by atoms with van der Waals surface area (Å²) in [6.07, 6.45) is 0. The van der Waals surface area contributed by atoms with Gasteiger partial charge in [-0.25, -0.2) is 0 Å². The van der Waals surface area contributed by atoms with E-state index >= 15 is 0 Å². The molecule has 0 fully saturated rings. The van der Waals surface area contributed by atoms with Gasteiger partial charge < -0.3 is 0 Å². The maximum atomic E-state index is 5.75. The average molecular weight is 243 g/mol. The van der Waals surface area contributed by atoms with Crippen LogP contribution < -0.4 is 0 Å². The maximum Gasteiger partial charge on any atom is 0.0818 e. The fraction of sp³-hybridized carbons (Fsp3) is 0. The first-order chi connectivity index (χ1) is 5.18. The van der Waals surface area contributed by atoms with E-state index in [4.69, 9.17) is 34.6 Å². The van der Waals surface area contributed by atoms with Crippen molar-refractivity contribution < 1.29 is 0 Å². The van der Waals surface area contributed by atoms with Crippen molar-refractivity contribution in [1.29, 1.82) is 0 Å². The van der Waals surface area contributed by atoms with Gasteiger partial charge in [0, 0.05) is 9.92 Å². The van der Waals surface area contributed by atoms with Crippen LogP contribution in [0.5, 0.6) is 0 Å². The summed E-state index contributed by atoms with van der Waals surface area (Å²) in [7, 11) is 0. The van der Waals surface area contributed by atoms with Crippen LogP contribution in [0, 0.1) is 0 Å². The summed E-state index contributed by atoms with van der Waals surface area (Å²) >= 11 is 17.9. The molecule has 0 saturated heterocycles. The first-order valence-corrected chi connectivity index (χ1v) is 8.38. The second-order valence-electron chi connectivity index (χ2n) is 1.80. The molecule has 0 heterocycles. The highest BCUT2D eigenvalue weighted by Crippen LogP contribution is 2.48. The van der Waals surface area contributed by atoms with Crippen LogP contribution in [-0.2, 0) is 11.8 Å². The molecule has 11 heavy (non-hydrogen) atoms. The molecule has 0 amide bonds. The highest BCUT2D eigenvalue weighted by atomic mass is 35.7. The van der Waals surface area contributed by atoms with Crippen LogP contribution in [0.3, 0.4) is 0 Å². The van der Waals surface area contributed by atoms with Crippen LogP contribution in [-0.4, -0.2) is 0 Å². The summed E-state index contributed by atoms with van der Waals surface area (Å²) in [5.41, 5.74) is 0. The molecule has 0 aliphatic carbocycles. The average Bonchev–Trinajstić information content (AvgIpc) is 1.85. The van der Waals surface area contributed by atoms with E-state index in [1.54, 1.807) is 0 Å². The molecule has 0 aliphatic rings. The van der Waals surface area contributed by atoms with Gasteiger partial charge in [-0.05, 0) is 18.2 Å². The van der Waals surface area contributed by atoms with Crippen LogP contribution >= 0.6 is 39.5 Å². The number of hydrogen-bond acceptors (Lipinski definition) is 2. The van der Waals surface area contributed by atoms with E-state index in [0.29, 0.717) is 0 Å². The van der Waals surface area contributed by atoms with Gasteiger partial charge in [-0.15, -0.1) is 0 Å². The normalized spacial score (nSPS) is 12.9. The monoisotopic (exact) mass is 242 g/mol. The molecule has 60 valence electrons. The molecule has 0 bridgehead atoms. The third-order valence-electron chi connectivity index (χ3n) is 0.994. The third-order valence-corrected chi connectivity index (χ3v) is 4.51. The van der Waals surface area contributed by atoms with Crippen LogP contribution in [0.1, 0.15) is 0 Å². The largest absolute Gasteiger partial charge is 0.0843 e. The Bertz CT molecular complexity index is 277. The van der Waals surface area contributed by atoms with Gasteiger partial charge in [-0.1, -0.05) is 52.1 Å². The molecule has 1 aromatic rings. The Labute approximate surface area is 85.2 Å². The van der Waals surface area contributed by atoms with Crippen molar-refractivity contribution in [3.63, 3.8) is 0 Å². The van der Waals surface area contributed by atoms with Gasteiger partial charge in [-0.2, -0.15) is 0 Å². The van der Waals surface area contributed by atoms with Gasteiger partial charge >= 0.3 is 0 Å². The van der Waals surface area contributed by atoms with Crippen molar-refractivity contribution >= 4 is 51.3 Å². The molecule has 5 heteroatoms. The predicted molar refractivity (Wildman–Crippen MR) is 58.8 cm³/mol. The first kappa shape index (κ1) is 9.88. The molecule has 0 spiro atoms. The fourth-order valence-corrected chi connectivity index (χ4v) is 4.00. The number of rotatable bonds is 2. The van der Waals surface area contributed by atoms with Gasteiger partial charge in [0.15, 0.2) is 0 Å². The highest BCUT2D eigenvalue weighted by molar-refractivity contribution is 8.71. The summed E-state index contributed by atoms with van der Waals surface area (Å²) in [4.78, 5) is 1.05. The van der Waals surface area contributed by atoms with E-state index in [0.717, 1.165) is 9.92 Å². The number of halogens is 2. The lowest BCUT2D eigenvalue weighted by Crippen LogP contribution is -1.65. The zero-order chi connectivity index (χ0) is 8.27. The van der Waals surface area contributed by atoms with Gasteiger partial charge in [0.1, 0.15) is 0 Å². The molecule has 0 N–H and O–H groups in total. The van der Waals surface area contributed by atoms with Gasteiger partial charge in [-0.3, -0.25) is 0 Å². The Balaban J connectivity index is 2.79. The van der Waals surface area contributed by atoms with Crippen LogP contribution in [0.2, 0.25) is 5.02 Å². The molecule has 1 aromatic carbocycles. The minimum atomic E-state index is -1.19. The van der Waals surface area contributed by atoms with Gasteiger partial charge in [0.05, 0.1) is 5.25 Å². The van der Waals surface area contributed by atoms with Crippen molar-refractivity contribution in [1.82, 2.24) is 0 Å². The molecule has 0 radical (unpaired) electrons. The third kappa shape index (κ3) is 3.82. The van der Waals surface area contributed by atoms with Crippen molar-refractivity contribution in [3.8, 4) is 0 Å². The van der Waals surface area contributed by atoms with E-state index in [1.165, 1.54) is 11.4 Å². The summed E-state index contributed by atoms with van der Waals surface area (Å²) in [5.74, 6) is 0. The first-order valence-electron chi connectivity index (χ1n) is 2.81. The number of benzene rings is 1. The van der Waals surface area contributed by atoms with Crippen LogP contribution in [0.15, 0.2) is 29.2 Å². The predicted octanol–water partition coefficient (Wildman–Crippen LogP) is 4.18. The highest BCUT2D eigenvalue weighted by Gasteiger charge is 1.95. The molecule has 0 aliphatic heterocycles. The summed E-state index contributed by atoms with van der Waals surface area (Å²) in [6, 6.07) is 7.54. The Morgan fingerprint density at radius 3 is 2.73 bits per heavy atom. The van der Waals surface area contributed by atoms with Crippen molar-refractivity contribution in [2.75, 3.05) is 0 Å². The summed E-state index contributed by atoms with van der Waals surface area (Å²) in [5, 5.41) is -0.463. The van der Waals surface area contributed by atoms with E-state index in [1.807, 2.05) is 24.3 Å². The van der Waals surface area contributed by atoms with E-state index in [9.17, 15) is 0 Å². The quantitative estimate of drug-likeness (QED) is 0.714. The van der Waals surface area contributed by atoms with Crippen molar-refractivity contribution in [2.24, 2.45) is 0 Å². The Morgan fingerprint density at radius 2 is 2.18 bits per heavy atom. The molecular formula is C6H5Cl2PS2. The topological polar surface area (TPSA) is 0 Å². The van der Waals surface area contributed by atoms with Gasteiger partial charge in [0.25, 0.3) is 0 Å². The Morgan fingerprint density at radius 1 is 1.45 bits per heavy atom. The zero-order valence-corrected chi connectivity index (χ0v) is 9.53. The molecule has 0 nitrogen and oxygen atoms in total. The van der Waals surface area contributed by atoms with Gasteiger partial charge in [0.2, 0.25) is 0 Å². The van der Waals surface area contributed by atoms with Crippen LogP contribution in [0.25, 0.3) is 0 Å². The second-order valence-corrected chi connectivity index (χ2v) is 9.70. The second kappa shape index (κ2) is 4.74. The van der Waals surface area contributed by atoms with E-state index < -0.39 is 5.25 Å². The molecule has 0 aromatic heterocycles. The molecule has 0 saturated carbocycles. The smallest absolute Gasteiger partial charge is 0.0818 e. The molecule has 1 rings (SSSR count). The lowest BCUT2D eigenvalue weighted by molar-refractivity contribution is 1.48. The molecular weight excluding hydrogens is 238 g/mol. The Hall–Kier alpha value is 0.800. The van der Waals surface area contributed by atoms with Crippen molar-refractivity contribution in [2.45, 2.75) is 4.90 Å². The lowest BCUT2D eigenvalue weighted by atomic mass is 10.4. The fourth-order valence-electron chi connectivity index (χ4n) is 0.623. The minimum absolute atomic E-state index is 0.727. The zero-order valence-electron chi connectivity index (χ0n) is 5.38. The molecule has 1 unspecified atom stereocenters. The van der Waals surface area contributed by atoms with Crippen LogP contribution in [0.4, 0.5) is 0 Å². The SMILES string of the molecule is S=[PH](Cl)Sc1cccc(Cl)c1. The number of hydrogen-bond donors (Lipinski definition) is 0. The lowest BCUT2D eigenvalue weighted by Gasteiger charge is -1.97.